The highest BCUT2D eigenvalue weighted by molar-refractivity contribution is 6.18. The largest absolute Gasteiger partial charge is 0.481 e. The van der Waals surface area contributed by atoms with Crippen LogP contribution in [0.5, 0.6) is 5.88 Å². The highest BCUT2D eigenvalue weighted by Crippen LogP contribution is 2.29. The molecule has 1 saturated carbocycles. The summed E-state index contributed by atoms with van der Waals surface area (Å²) in [5.41, 5.74) is 1.30. The minimum absolute atomic E-state index is 0.133. The summed E-state index contributed by atoms with van der Waals surface area (Å²) in [5, 5.41) is 6.98. The molecule has 3 N–H and O–H groups in total. The molecule has 4 aromatic heterocycles. The summed E-state index contributed by atoms with van der Waals surface area (Å²) in [6.07, 6.45) is 10.2. The zero-order chi connectivity index (χ0) is 23.5. The first-order valence-electron chi connectivity index (χ1n) is 11.2. The smallest absolute Gasteiger partial charge is 0.226 e. The molecule has 0 aliphatic heterocycles. The van der Waals surface area contributed by atoms with E-state index in [-0.39, 0.29) is 11.4 Å². The summed E-state index contributed by atoms with van der Waals surface area (Å²) >= 11 is 0. The van der Waals surface area contributed by atoms with Gasteiger partial charge in [-0.3, -0.25) is 4.79 Å². The molecule has 0 amide bonds. The van der Waals surface area contributed by atoms with Crippen molar-refractivity contribution in [3.63, 3.8) is 0 Å². The van der Waals surface area contributed by atoms with Gasteiger partial charge in [-0.1, -0.05) is 19.3 Å². The predicted octanol–water partition coefficient (Wildman–Crippen LogP) is 4.61. The average molecular weight is 462 g/mol. The normalized spacial score (nSPS) is 14.2. The van der Waals surface area contributed by atoms with Crippen molar-refractivity contribution in [2.45, 2.75) is 38.1 Å². The number of aromatic amines is 1. The van der Waals surface area contributed by atoms with Crippen molar-refractivity contribution in [1.29, 1.82) is 0 Å². The Labute approximate surface area is 195 Å². The van der Waals surface area contributed by atoms with Gasteiger partial charge in [-0.15, -0.1) is 0 Å². The third-order valence-electron chi connectivity index (χ3n) is 5.97. The standard InChI is InChI=1S/C24H24FN7O2/c1-34-19-10-7-15(11-26-19)30-18-9-8-16(22(25)32-18)21(33)17-12-27-23-20(17)24(29-13-28-23)31-14-5-3-2-4-6-14/h7-14H,2-6H2,1H3,(H,30,32)(H2,27,28,29,31). The summed E-state index contributed by atoms with van der Waals surface area (Å²) in [6, 6.07) is 6.67. The average Bonchev–Trinajstić information content (AvgIpc) is 3.30. The molecule has 5 rings (SSSR count). The maximum Gasteiger partial charge on any atom is 0.226 e. The molecule has 0 radical (unpaired) electrons. The first-order chi connectivity index (χ1) is 16.6. The number of pyridine rings is 2. The number of hydrogen-bond acceptors (Lipinski definition) is 8. The van der Waals surface area contributed by atoms with E-state index in [4.69, 9.17) is 4.74 Å². The number of halogens is 1. The van der Waals surface area contributed by atoms with Gasteiger partial charge < -0.3 is 20.4 Å². The molecule has 34 heavy (non-hydrogen) atoms. The van der Waals surface area contributed by atoms with Crippen LogP contribution in [-0.2, 0) is 0 Å². The van der Waals surface area contributed by atoms with Crippen molar-refractivity contribution in [2.24, 2.45) is 0 Å². The molecule has 1 aliphatic rings. The van der Waals surface area contributed by atoms with Crippen molar-refractivity contribution in [2.75, 3.05) is 17.7 Å². The second-order valence-corrected chi connectivity index (χ2v) is 8.21. The third kappa shape index (κ3) is 4.39. The molecule has 9 nitrogen and oxygen atoms in total. The zero-order valence-corrected chi connectivity index (χ0v) is 18.6. The van der Waals surface area contributed by atoms with Crippen molar-refractivity contribution in [3.05, 3.63) is 60.1 Å². The van der Waals surface area contributed by atoms with Crippen LogP contribution in [0.1, 0.15) is 48.0 Å². The summed E-state index contributed by atoms with van der Waals surface area (Å²) in [7, 11) is 1.52. The Bertz CT molecular complexity index is 1320. The second-order valence-electron chi connectivity index (χ2n) is 8.21. The molecule has 0 saturated heterocycles. The van der Waals surface area contributed by atoms with Crippen molar-refractivity contribution >= 4 is 34.1 Å². The van der Waals surface area contributed by atoms with E-state index in [1.54, 1.807) is 30.6 Å². The van der Waals surface area contributed by atoms with Crippen molar-refractivity contribution in [1.82, 2.24) is 24.9 Å². The highest BCUT2D eigenvalue weighted by atomic mass is 19.1. The molecule has 0 bridgehead atoms. The Morgan fingerprint density at radius 3 is 2.68 bits per heavy atom. The second kappa shape index (κ2) is 9.42. The molecule has 0 spiro atoms. The minimum Gasteiger partial charge on any atom is -0.481 e. The fourth-order valence-electron chi connectivity index (χ4n) is 4.23. The minimum atomic E-state index is -0.871. The lowest BCUT2D eigenvalue weighted by Gasteiger charge is -2.23. The molecule has 1 fully saturated rings. The quantitative estimate of drug-likeness (QED) is 0.270. The van der Waals surface area contributed by atoms with Gasteiger partial charge in [-0.2, -0.15) is 4.39 Å². The molecule has 1 aliphatic carbocycles. The van der Waals surface area contributed by atoms with Crippen LogP contribution in [-0.4, -0.2) is 43.9 Å². The maximum absolute atomic E-state index is 14.9. The van der Waals surface area contributed by atoms with Crippen LogP contribution in [0.3, 0.4) is 0 Å². The molecule has 0 atom stereocenters. The molecule has 10 heteroatoms. The monoisotopic (exact) mass is 461 g/mol. The predicted molar refractivity (Wildman–Crippen MR) is 126 cm³/mol. The van der Waals surface area contributed by atoms with E-state index in [1.165, 1.54) is 25.9 Å². The molecule has 4 aromatic rings. The Hall–Kier alpha value is -4.08. The molecule has 0 aromatic carbocycles. The van der Waals surface area contributed by atoms with Crippen molar-refractivity contribution < 1.29 is 13.9 Å². The third-order valence-corrected chi connectivity index (χ3v) is 5.97. The van der Waals surface area contributed by atoms with Crippen LogP contribution in [0.25, 0.3) is 11.0 Å². The molecular formula is C24H24FN7O2. The van der Waals surface area contributed by atoms with Gasteiger partial charge in [0.15, 0.2) is 5.78 Å². The number of methoxy groups -OCH3 is 1. The number of aromatic nitrogens is 5. The van der Waals surface area contributed by atoms with E-state index in [9.17, 15) is 9.18 Å². The number of nitrogens with one attached hydrogen (secondary N) is 3. The van der Waals surface area contributed by atoms with E-state index in [0.29, 0.717) is 40.0 Å². The SMILES string of the molecule is COc1ccc(Nc2ccc(C(=O)c3c[nH]c4ncnc(NC5CCCCC5)c34)c(F)n2)cn1. The highest BCUT2D eigenvalue weighted by Gasteiger charge is 2.23. The molecule has 0 unspecified atom stereocenters. The summed E-state index contributed by atoms with van der Waals surface area (Å²) in [6.45, 7) is 0. The van der Waals surface area contributed by atoms with E-state index in [2.05, 4.69) is 35.6 Å². The van der Waals surface area contributed by atoms with Gasteiger partial charge in [0.05, 0.1) is 35.5 Å². The number of carbonyl (C=O) groups is 1. The van der Waals surface area contributed by atoms with Gasteiger partial charge in [0, 0.05) is 18.3 Å². The van der Waals surface area contributed by atoms with Crippen LogP contribution < -0.4 is 15.4 Å². The van der Waals surface area contributed by atoms with E-state index in [0.717, 1.165) is 25.7 Å². The van der Waals surface area contributed by atoms with Crippen LogP contribution in [0.2, 0.25) is 0 Å². The fraction of sp³-hybridized carbons (Fsp3) is 0.292. The van der Waals surface area contributed by atoms with Crippen LogP contribution >= 0.6 is 0 Å². The number of carbonyl (C=O) groups excluding carboxylic acids is 1. The number of ketones is 1. The Morgan fingerprint density at radius 2 is 1.94 bits per heavy atom. The Morgan fingerprint density at radius 1 is 1.09 bits per heavy atom. The number of H-pyrrole nitrogens is 1. The number of hydrogen-bond donors (Lipinski definition) is 3. The van der Waals surface area contributed by atoms with Gasteiger partial charge in [-0.05, 0) is 31.0 Å². The summed E-state index contributed by atoms with van der Waals surface area (Å²) < 4.78 is 20.0. The van der Waals surface area contributed by atoms with Crippen LogP contribution in [0.4, 0.5) is 21.7 Å². The van der Waals surface area contributed by atoms with E-state index >= 15 is 0 Å². The van der Waals surface area contributed by atoms with Gasteiger partial charge >= 0.3 is 0 Å². The topological polar surface area (TPSA) is 118 Å². The molecule has 174 valence electrons. The zero-order valence-electron chi connectivity index (χ0n) is 18.6. The van der Waals surface area contributed by atoms with Gasteiger partial charge in [0.1, 0.15) is 23.6 Å². The van der Waals surface area contributed by atoms with Crippen LogP contribution in [0, 0.1) is 5.95 Å². The lowest BCUT2D eigenvalue weighted by molar-refractivity contribution is 0.103. The Balaban J connectivity index is 1.41. The van der Waals surface area contributed by atoms with E-state index in [1.807, 2.05) is 0 Å². The first-order valence-corrected chi connectivity index (χ1v) is 11.2. The van der Waals surface area contributed by atoms with E-state index < -0.39 is 11.7 Å². The lowest BCUT2D eigenvalue weighted by Crippen LogP contribution is -2.23. The van der Waals surface area contributed by atoms with Crippen molar-refractivity contribution in [3.8, 4) is 5.88 Å². The number of anilines is 3. The number of ether oxygens (including phenoxy) is 1. The Kier molecular flexibility index (Phi) is 6.03. The first kappa shape index (κ1) is 21.7. The molecular weight excluding hydrogens is 437 g/mol. The number of rotatable bonds is 7. The van der Waals surface area contributed by atoms with Gasteiger partial charge in [0.25, 0.3) is 0 Å². The number of fused-ring (bicyclic) bond motifs is 1. The summed E-state index contributed by atoms with van der Waals surface area (Å²) in [5.74, 6) is -0.0614. The number of nitrogens with zero attached hydrogens (tertiary/aromatic N) is 4. The van der Waals surface area contributed by atoms with Gasteiger partial charge in [-0.25, -0.2) is 19.9 Å². The maximum atomic E-state index is 14.9. The van der Waals surface area contributed by atoms with Gasteiger partial charge in [0.2, 0.25) is 11.8 Å². The van der Waals surface area contributed by atoms with Crippen LogP contribution in [0.15, 0.2) is 43.0 Å². The summed E-state index contributed by atoms with van der Waals surface area (Å²) in [4.78, 5) is 32.9. The lowest BCUT2D eigenvalue weighted by atomic mass is 9.95. The fourth-order valence-corrected chi connectivity index (χ4v) is 4.23. The molecule has 4 heterocycles.